The third-order valence-corrected chi connectivity index (χ3v) is 4.61. The molecule has 1 heteroatoms. The highest BCUT2D eigenvalue weighted by atomic mass is 28.3. The molecule has 0 heterocycles. The molecular weight excluding hydrogens is 112 g/mol. The van der Waals surface area contributed by atoms with E-state index in [0.29, 0.717) is 0 Å². The van der Waals surface area contributed by atoms with Crippen LogP contribution in [0.1, 0.15) is 6.92 Å². The number of hydrogen-bond donors (Lipinski definition) is 0. The van der Waals surface area contributed by atoms with E-state index in [4.69, 9.17) is 6.42 Å². The summed E-state index contributed by atoms with van der Waals surface area (Å²) in [6, 6.07) is 2.33. The Bertz CT molecular complexity index is 97.4. The van der Waals surface area contributed by atoms with Crippen molar-refractivity contribution in [2.24, 2.45) is 0 Å². The second-order valence-corrected chi connectivity index (χ2v) is 8.29. The molecule has 0 fully saturated rings. The highest BCUT2D eigenvalue weighted by Crippen LogP contribution is 2.12. The van der Waals surface area contributed by atoms with Gasteiger partial charge in [-0.2, -0.15) is 0 Å². The monoisotopic (exact) mass is 126 g/mol. The van der Waals surface area contributed by atoms with E-state index in [1.807, 2.05) is 0 Å². The first-order chi connectivity index (χ1) is 3.62. The molecule has 0 saturated carbocycles. The van der Waals surface area contributed by atoms with Crippen LogP contribution in [-0.2, 0) is 0 Å². The van der Waals surface area contributed by atoms with Gasteiger partial charge in [0.05, 0.1) is 8.07 Å². The van der Waals surface area contributed by atoms with Crippen LogP contribution in [0.2, 0.25) is 25.2 Å². The standard InChI is InChI=1S/C7H14Si/c1-5-7-8(3,4)6-2/h1H,6-7H2,2-4H3. The second kappa shape index (κ2) is 2.94. The van der Waals surface area contributed by atoms with Crippen LogP contribution in [0, 0.1) is 12.3 Å². The SMILES string of the molecule is C#CC[Si](C)(C)CC. The smallest absolute Gasteiger partial charge is 0.0601 e. The van der Waals surface area contributed by atoms with Crippen LogP contribution in [0.3, 0.4) is 0 Å². The Kier molecular flexibility index (Phi) is 2.85. The lowest BCUT2D eigenvalue weighted by molar-refractivity contribution is 1.33. The van der Waals surface area contributed by atoms with Gasteiger partial charge < -0.3 is 0 Å². The lowest BCUT2D eigenvalue weighted by Crippen LogP contribution is -2.21. The first-order valence-electron chi connectivity index (χ1n) is 3.06. The van der Waals surface area contributed by atoms with Gasteiger partial charge in [-0.1, -0.05) is 26.1 Å². The maximum absolute atomic E-state index is 5.17. The molecule has 0 aromatic heterocycles. The molecule has 0 spiro atoms. The van der Waals surface area contributed by atoms with Crippen LogP contribution < -0.4 is 0 Å². The zero-order valence-corrected chi connectivity index (χ0v) is 6.99. The van der Waals surface area contributed by atoms with Gasteiger partial charge in [0, 0.05) is 6.04 Å². The molecule has 0 aliphatic carbocycles. The first-order valence-corrected chi connectivity index (χ1v) is 6.47. The molecule has 0 bridgehead atoms. The van der Waals surface area contributed by atoms with Gasteiger partial charge in [-0.25, -0.2) is 0 Å². The molecule has 0 amide bonds. The average Bonchev–Trinajstić information content (AvgIpc) is 1.67. The lowest BCUT2D eigenvalue weighted by Gasteiger charge is -2.14. The van der Waals surface area contributed by atoms with Crippen molar-refractivity contribution in [3.8, 4) is 12.3 Å². The summed E-state index contributed by atoms with van der Waals surface area (Å²) in [7, 11) is -0.913. The normalized spacial score (nSPS) is 10.8. The van der Waals surface area contributed by atoms with Crippen molar-refractivity contribution in [2.45, 2.75) is 32.1 Å². The average molecular weight is 126 g/mol. The maximum atomic E-state index is 5.17. The molecule has 0 aromatic rings. The molecule has 0 saturated heterocycles. The Morgan fingerprint density at radius 3 is 2.12 bits per heavy atom. The third kappa shape index (κ3) is 2.87. The molecule has 46 valence electrons. The topological polar surface area (TPSA) is 0 Å². The van der Waals surface area contributed by atoms with E-state index in [1.54, 1.807) is 0 Å². The van der Waals surface area contributed by atoms with Crippen molar-refractivity contribution < 1.29 is 0 Å². The second-order valence-electron chi connectivity index (χ2n) is 2.90. The summed E-state index contributed by atoms with van der Waals surface area (Å²) in [4.78, 5) is 0. The largest absolute Gasteiger partial charge is 0.120 e. The van der Waals surface area contributed by atoms with Crippen molar-refractivity contribution >= 4 is 8.07 Å². The molecule has 0 aliphatic rings. The third-order valence-electron chi connectivity index (χ3n) is 1.54. The zero-order chi connectivity index (χ0) is 6.62. The van der Waals surface area contributed by atoms with Crippen molar-refractivity contribution in [1.29, 1.82) is 0 Å². The summed E-state index contributed by atoms with van der Waals surface area (Å²) in [5.74, 6) is 2.72. The van der Waals surface area contributed by atoms with Crippen molar-refractivity contribution in [3.05, 3.63) is 0 Å². The van der Waals surface area contributed by atoms with Gasteiger partial charge in [0.25, 0.3) is 0 Å². The van der Waals surface area contributed by atoms with Gasteiger partial charge in [0.2, 0.25) is 0 Å². The predicted octanol–water partition coefficient (Wildman–Crippen LogP) is 2.35. The Morgan fingerprint density at radius 1 is 1.50 bits per heavy atom. The van der Waals surface area contributed by atoms with Gasteiger partial charge in [0.1, 0.15) is 0 Å². The lowest BCUT2D eigenvalue weighted by atomic mass is 10.8. The molecule has 0 N–H and O–H groups in total. The molecular formula is C7H14Si. The van der Waals surface area contributed by atoms with E-state index in [1.165, 1.54) is 6.04 Å². The highest BCUT2D eigenvalue weighted by molar-refractivity contribution is 6.77. The molecule has 0 radical (unpaired) electrons. The van der Waals surface area contributed by atoms with Gasteiger partial charge in [-0.15, -0.1) is 12.3 Å². The zero-order valence-electron chi connectivity index (χ0n) is 5.99. The van der Waals surface area contributed by atoms with Gasteiger partial charge >= 0.3 is 0 Å². The minimum atomic E-state index is -0.913. The molecule has 0 nitrogen and oxygen atoms in total. The quantitative estimate of drug-likeness (QED) is 0.393. The van der Waals surface area contributed by atoms with E-state index >= 15 is 0 Å². The van der Waals surface area contributed by atoms with Crippen LogP contribution in [0.15, 0.2) is 0 Å². The van der Waals surface area contributed by atoms with E-state index in [0.717, 1.165) is 6.04 Å². The number of hydrogen-bond acceptors (Lipinski definition) is 0. The first kappa shape index (κ1) is 7.78. The maximum Gasteiger partial charge on any atom is 0.0601 e. The molecule has 0 aromatic carbocycles. The van der Waals surface area contributed by atoms with Gasteiger partial charge in [-0.05, 0) is 0 Å². The molecule has 0 atom stereocenters. The molecule has 0 rings (SSSR count). The Morgan fingerprint density at radius 2 is 2.00 bits per heavy atom. The number of rotatable bonds is 2. The Balaban J connectivity index is 3.58. The highest BCUT2D eigenvalue weighted by Gasteiger charge is 2.14. The minimum Gasteiger partial charge on any atom is -0.120 e. The molecule has 0 unspecified atom stereocenters. The minimum absolute atomic E-state index is 0.913. The van der Waals surface area contributed by atoms with E-state index in [-0.39, 0.29) is 0 Å². The summed E-state index contributed by atoms with van der Waals surface area (Å²) >= 11 is 0. The van der Waals surface area contributed by atoms with Crippen molar-refractivity contribution in [1.82, 2.24) is 0 Å². The van der Waals surface area contributed by atoms with Crippen LogP contribution in [-0.4, -0.2) is 8.07 Å². The van der Waals surface area contributed by atoms with Crippen molar-refractivity contribution in [3.63, 3.8) is 0 Å². The van der Waals surface area contributed by atoms with E-state index in [9.17, 15) is 0 Å². The fraction of sp³-hybridized carbons (Fsp3) is 0.714. The summed E-state index contributed by atoms with van der Waals surface area (Å²) in [6.07, 6.45) is 5.17. The fourth-order valence-electron chi connectivity index (χ4n) is 0.401. The fourth-order valence-corrected chi connectivity index (χ4v) is 1.20. The number of terminal acetylenes is 1. The Labute approximate surface area is 53.3 Å². The van der Waals surface area contributed by atoms with Gasteiger partial charge in [0.15, 0.2) is 0 Å². The van der Waals surface area contributed by atoms with E-state index in [2.05, 4.69) is 25.9 Å². The van der Waals surface area contributed by atoms with Gasteiger partial charge in [-0.3, -0.25) is 0 Å². The van der Waals surface area contributed by atoms with Crippen molar-refractivity contribution in [2.75, 3.05) is 0 Å². The van der Waals surface area contributed by atoms with Crippen LogP contribution in [0.4, 0.5) is 0 Å². The summed E-state index contributed by atoms with van der Waals surface area (Å²) in [5, 5.41) is 0. The van der Waals surface area contributed by atoms with Crippen LogP contribution in [0.5, 0.6) is 0 Å². The summed E-state index contributed by atoms with van der Waals surface area (Å²) in [6.45, 7) is 6.88. The van der Waals surface area contributed by atoms with Crippen LogP contribution >= 0.6 is 0 Å². The predicted molar refractivity (Wildman–Crippen MR) is 41.6 cm³/mol. The summed E-state index contributed by atoms with van der Waals surface area (Å²) in [5.41, 5.74) is 0. The molecule has 8 heavy (non-hydrogen) atoms. The van der Waals surface area contributed by atoms with E-state index < -0.39 is 8.07 Å². The van der Waals surface area contributed by atoms with Crippen LogP contribution in [0.25, 0.3) is 0 Å². The summed E-state index contributed by atoms with van der Waals surface area (Å²) < 4.78 is 0. The Hall–Kier alpha value is -0.223. The molecule has 0 aliphatic heterocycles.